The van der Waals surface area contributed by atoms with Crippen LogP contribution in [0.25, 0.3) is 0 Å². The van der Waals surface area contributed by atoms with Gasteiger partial charge in [-0.15, -0.1) is 0 Å². The summed E-state index contributed by atoms with van der Waals surface area (Å²) in [5.41, 5.74) is 1.38. The van der Waals surface area contributed by atoms with Crippen molar-refractivity contribution in [1.82, 2.24) is 9.88 Å². The molecule has 0 bridgehead atoms. The quantitative estimate of drug-likeness (QED) is 0.636. The van der Waals surface area contributed by atoms with Crippen molar-refractivity contribution in [3.63, 3.8) is 0 Å². The molecule has 0 spiro atoms. The van der Waals surface area contributed by atoms with E-state index in [1.807, 2.05) is 68.4 Å². The molecular formula is C22H23N3O2. The Morgan fingerprint density at radius 1 is 0.963 bits per heavy atom. The highest BCUT2D eigenvalue weighted by Gasteiger charge is 2.13. The van der Waals surface area contributed by atoms with Gasteiger partial charge in [0, 0.05) is 19.3 Å². The minimum Gasteiger partial charge on any atom is -0.455 e. The molecule has 0 aliphatic heterocycles. The number of para-hydroxylation sites is 3. The molecule has 0 saturated carbocycles. The molecule has 0 fully saturated rings. The van der Waals surface area contributed by atoms with E-state index in [9.17, 15) is 4.79 Å². The van der Waals surface area contributed by atoms with Crippen LogP contribution in [0.15, 0.2) is 72.9 Å². The number of carbonyl (C=O) groups excluding carboxylic acids is 1. The number of anilines is 2. The SMILES string of the molecule is CCN(CC)C(=O)c1ccc(Nc2ccccc2Oc2ccccc2)nc1. The summed E-state index contributed by atoms with van der Waals surface area (Å²) in [5.74, 6) is 2.11. The van der Waals surface area contributed by atoms with Crippen LogP contribution < -0.4 is 10.1 Å². The third-order valence-electron chi connectivity index (χ3n) is 4.18. The van der Waals surface area contributed by atoms with E-state index in [4.69, 9.17) is 4.74 Å². The van der Waals surface area contributed by atoms with Crippen molar-refractivity contribution in [2.24, 2.45) is 0 Å². The molecule has 3 rings (SSSR count). The van der Waals surface area contributed by atoms with Crippen molar-refractivity contribution in [3.8, 4) is 11.5 Å². The Labute approximate surface area is 159 Å². The number of hydrogen-bond donors (Lipinski definition) is 1. The van der Waals surface area contributed by atoms with Gasteiger partial charge in [-0.3, -0.25) is 4.79 Å². The summed E-state index contributed by atoms with van der Waals surface area (Å²) in [6.45, 7) is 5.29. The molecule has 5 heteroatoms. The third kappa shape index (κ3) is 4.64. The van der Waals surface area contributed by atoms with Gasteiger partial charge in [-0.25, -0.2) is 4.98 Å². The van der Waals surface area contributed by atoms with Crippen molar-refractivity contribution >= 4 is 17.4 Å². The van der Waals surface area contributed by atoms with Crippen LogP contribution in [0.5, 0.6) is 11.5 Å². The molecule has 3 aromatic rings. The minimum atomic E-state index is -0.00754. The van der Waals surface area contributed by atoms with Gasteiger partial charge in [0.05, 0.1) is 11.3 Å². The average molecular weight is 361 g/mol. The predicted molar refractivity (Wildman–Crippen MR) is 108 cm³/mol. The molecule has 0 aliphatic carbocycles. The van der Waals surface area contributed by atoms with E-state index < -0.39 is 0 Å². The Balaban J connectivity index is 1.75. The van der Waals surface area contributed by atoms with Gasteiger partial charge in [0.1, 0.15) is 11.6 Å². The molecule has 138 valence electrons. The molecule has 0 atom stereocenters. The molecule has 0 radical (unpaired) electrons. The van der Waals surface area contributed by atoms with Crippen LogP contribution in [0.1, 0.15) is 24.2 Å². The maximum atomic E-state index is 12.4. The average Bonchev–Trinajstić information content (AvgIpc) is 2.72. The first-order valence-corrected chi connectivity index (χ1v) is 9.05. The van der Waals surface area contributed by atoms with Crippen LogP contribution in [0.4, 0.5) is 11.5 Å². The largest absolute Gasteiger partial charge is 0.455 e. The zero-order chi connectivity index (χ0) is 19.1. The smallest absolute Gasteiger partial charge is 0.255 e. The fourth-order valence-corrected chi connectivity index (χ4v) is 2.70. The number of nitrogens with one attached hydrogen (secondary N) is 1. The molecule has 27 heavy (non-hydrogen) atoms. The molecule has 5 nitrogen and oxygen atoms in total. The van der Waals surface area contributed by atoms with Crippen LogP contribution >= 0.6 is 0 Å². The highest BCUT2D eigenvalue weighted by molar-refractivity contribution is 5.94. The van der Waals surface area contributed by atoms with E-state index in [1.165, 1.54) is 0 Å². The number of nitrogens with zero attached hydrogens (tertiary/aromatic N) is 2. The van der Waals surface area contributed by atoms with Crippen molar-refractivity contribution in [2.45, 2.75) is 13.8 Å². The fraction of sp³-hybridized carbons (Fsp3) is 0.182. The number of benzene rings is 2. The molecule has 0 saturated heterocycles. The Morgan fingerprint density at radius 2 is 1.67 bits per heavy atom. The third-order valence-corrected chi connectivity index (χ3v) is 4.18. The summed E-state index contributed by atoms with van der Waals surface area (Å²) < 4.78 is 5.95. The fourth-order valence-electron chi connectivity index (χ4n) is 2.70. The first-order valence-electron chi connectivity index (χ1n) is 9.05. The van der Waals surface area contributed by atoms with Crippen molar-refractivity contribution < 1.29 is 9.53 Å². The second kappa shape index (κ2) is 8.85. The highest BCUT2D eigenvalue weighted by Crippen LogP contribution is 2.30. The molecular weight excluding hydrogens is 338 g/mol. The van der Waals surface area contributed by atoms with Gasteiger partial charge in [0.15, 0.2) is 5.75 Å². The standard InChI is InChI=1S/C22H23N3O2/c1-3-25(4-2)22(26)17-14-15-21(23-16-17)24-19-12-8-9-13-20(19)27-18-10-6-5-7-11-18/h5-16H,3-4H2,1-2H3,(H,23,24). The van der Waals surface area contributed by atoms with Gasteiger partial charge < -0.3 is 15.0 Å². The minimum absolute atomic E-state index is 0.00754. The van der Waals surface area contributed by atoms with E-state index in [1.54, 1.807) is 23.2 Å². The van der Waals surface area contributed by atoms with Crippen LogP contribution in [-0.2, 0) is 0 Å². The van der Waals surface area contributed by atoms with E-state index >= 15 is 0 Å². The predicted octanol–water partition coefficient (Wildman–Crippen LogP) is 5.10. The Kier molecular flexibility index (Phi) is 6.05. The lowest BCUT2D eigenvalue weighted by atomic mass is 10.2. The summed E-state index contributed by atoms with van der Waals surface area (Å²) >= 11 is 0. The maximum absolute atomic E-state index is 12.4. The second-order valence-corrected chi connectivity index (χ2v) is 5.95. The number of pyridine rings is 1. The van der Waals surface area contributed by atoms with Gasteiger partial charge in [-0.1, -0.05) is 30.3 Å². The summed E-state index contributed by atoms with van der Waals surface area (Å²) in [7, 11) is 0. The molecule has 0 unspecified atom stereocenters. The summed E-state index contributed by atoms with van der Waals surface area (Å²) in [4.78, 5) is 18.5. The molecule has 0 aliphatic rings. The van der Waals surface area contributed by atoms with Crippen LogP contribution in [-0.4, -0.2) is 28.9 Å². The number of ether oxygens (including phenoxy) is 1. The molecule has 2 aromatic carbocycles. The normalized spacial score (nSPS) is 10.3. The zero-order valence-corrected chi connectivity index (χ0v) is 15.6. The highest BCUT2D eigenvalue weighted by atomic mass is 16.5. The van der Waals surface area contributed by atoms with Gasteiger partial charge in [-0.05, 0) is 50.2 Å². The van der Waals surface area contributed by atoms with E-state index in [0.29, 0.717) is 30.2 Å². The number of aromatic nitrogens is 1. The van der Waals surface area contributed by atoms with Crippen molar-refractivity contribution in [2.75, 3.05) is 18.4 Å². The number of carbonyl (C=O) groups is 1. The van der Waals surface area contributed by atoms with Gasteiger partial charge in [0.25, 0.3) is 5.91 Å². The Bertz CT molecular complexity index is 876. The second-order valence-electron chi connectivity index (χ2n) is 5.95. The van der Waals surface area contributed by atoms with E-state index in [-0.39, 0.29) is 5.91 Å². The first-order chi connectivity index (χ1) is 13.2. The Morgan fingerprint density at radius 3 is 2.33 bits per heavy atom. The maximum Gasteiger partial charge on any atom is 0.255 e. The molecule has 1 amide bonds. The lowest BCUT2D eigenvalue weighted by Gasteiger charge is -2.18. The van der Waals surface area contributed by atoms with Gasteiger partial charge >= 0.3 is 0 Å². The van der Waals surface area contributed by atoms with Crippen LogP contribution in [0.2, 0.25) is 0 Å². The first kappa shape index (κ1) is 18.5. The zero-order valence-electron chi connectivity index (χ0n) is 15.6. The van der Waals surface area contributed by atoms with E-state index in [2.05, 4.69) is 10.3 Å². The summed E-state index contributed by atoms with van der Waals surface area (Å²) in [6.07, 6.45) is 1.60. The summed E-state index contributed by atoms with van der Waals surface area (Å²) in [6, 6.07) is 20.9. The van der Waals surface area contributed by atoms with Gasteiger partial charge in [-0.2, -0.15) is 0 Å². The number of rotatable bonds is 7. The Hall–Kier alpha value is -3.34. The summed E-state index contributed by atoms with van der Waals surface area (Å²) in [5, 5.41) is 3.26. The molecule has 1 aromatic heterocycles. The number of hydrogen-bond acceptors (Lipinski definition) is 4. The monoisotopic (exact) mass is 361 g/mol. The topological polar surface area (TPSA) is 54.5 Å². The molecule has 1 heterocycles. The van der Waals surface area contributed by atoms with Crippen molar-refractivity contribution in [1.29, 1.82) is 0 Å². The van der Waals surface area contributed by atoms with E-state index in [0.717, 1.165) is 11.4 Å². The van der Waals surface area contributed by atoms with Gasteiger partial charge in [0.2, 0.25) is 0 Å². The molecule has 1 N–H and O–H groups in total. The van der Waals surface area contributed by atoms with Crippen LogP contribution in [0, 0.1) is 0 Å². The lowest BCUT2D eigenvalue weighted by Crippen LogP contribution is -2.30. The van der Waals surface area contributed by atoms with Crippen molar-refractivity contribution in [3.05, 3.63) is 78.5 Å². The number of amides is 1. The van der Waals surface area contributed by atoms with Crippen LogP contribution in [0.3, 0.4) is 0 Å². The lowest BCUT2D eigenvalue weighted by molar-refractivity contribution is 0.0772.